The number of thiocarbonyl (C=S) groups is 1. The van der Waals surface area contributed by atoms with Crippen molar-refractivity contribution in [1.82, 2.24) is 4.90 Å². The number of carbonyl (C=O) groups excluding carboxylic acids is 2. The summed E-state index contributed by atoms with van der Waals surface area (Å²) in [6.45, 7) is -0.286. The normalized spacial score (nSPS) is 14.6. The van der Waals surface area contributed by atoms with E-state index in [4.69, 9.17) is 26.8 Å². The first kappa shape index (κ1) is 22.3. The van der Waals surface area contributed by atoms with Crippen molar-refractivity contribution in [3.8, 4) is 11.5 Å². The van der Waals surface area contributed by atoms with E-state index in [1.54, 1.807) is 30.3 Å². The van der Waals surface area contributed by atoms with Gasteiger partial charge in [0.25, 0.3) is 5.91 Å². The SMILES string of the molecule is COc1ccc(/C=C2\SC(=S)N(CC(=O)Nc3cccc(C(=O)O)c3)C2=O)cc1OC. The molecule has 0 aromatic heterocycles. The first-order valence-corrected chi connectivity index (χ1v) is 10.2. The van der Waals surface area contributed by atoms with Gasteiger partial charge in [-0.3, -0.25) is 14.5 Å². The molecule has 3 rings (SSSR count). The average Bonchev–Trinajstić information content (AvgIpc) is 3.01. The summed E-state index contributed by atoms with van der Waals surface area (Å²) in [4.78, 5) is 37.8. The van der Waals surface area contributed by atoms with Gasteiger partial charge in [0.2, 0.25) is 5.91 Å². The van der Waals surface area contributed by atoms with Crippen molar-refractivity contribution >= 4 is 57.8 Å². The summed E-state index contributed by atoms with van der Waals surface area (Å²) in [5.41, 5.74) is 1.07. The van der Waals surface area contributed by atoms with Crippen molar-refractivity contribution in [2.24, 2.45) is 0 Å². The fourth-order valence-electron chi connectivity index (χ4n) is 2.80. The molecule has 1 heterocycles. The van der Waals surface area contributed by atoms with Gasteiger partial charge in [-0.2, -0.15) is 0 Å². The minimum atomic E-state index is -1.10. The maximum absolute atomic E-state index is 12.8. The number of aromatic carboxylic acids is 1. The summed E-state index contributed by atoms with van der Waals surface area (Å²) in [6.07, 6.45) is 1.66. The molecule has 0 bridgehead atoms. The quantitative estimate of drug-likeness (QED) is 0.481. The average molecular weight is 459 g/mol. The molecule has 2 aromatic rings. The van der Waals surface area contributed by atoms with E-state index in [0.717, 1.165) is 11.8 Å². The van der Waals surface area contributed by atoms with Crippen LogP contribution < -0.4 is 14.8 Å². The summed E-state index contributed by atoms with van der Waals surface area (Å²) in [5.74, 6) is -0.899. The number of nitrogens with zero attached hydrogens (tertiary/aromatic N) is 1. The molecule has 0 spiro atoms. The number of benzene rings is 2. The van der Waals surface area contributed by atoms with E-state index in [1.807, 2.05) is 0 Å². The fraction of sp³-hybridized carbons (Fsp3) is 0.143. The largest absolute Gasteiger partial charge is 0.493 e. The molecule has 0 atom stereocenters. The molecule has 1 fully saturated rings. The summed E-state index contributed by atoms with van der Waals surface area (Å²) in [7, 11) is 3.05. The highest BCUT2D eigenvalue weighted by atomic mass is 32.2. The molecule has 1 aliphatic heterocycles. The zero-order chi connectivity index (χ0) is 22.5. The molecular formula is C21H18N2O6S2. The predicted octanol–water partition coefficient (Wildman–Crippen LogP) is 3.24. The number of hydrogen-bond donors (Lipinski definition) is 2. The number of carbonyl (C=O) groups is 3. The van der Waals surface area contributed by atoms with E-state index in [9.17, 15) is 14.4 Å². The lowest BCUT2D eigenvalue weighted by atomic mass is 10.2. The highest BCUT2D eigenvalue weighted by Gasteiger charge is 2.33. The van der Waals surface area contributed by atoms with Crippen molar-refractivity contribution in [1.29, 1.82) is 0 Å². The number of carboxylic acids is 1. The van der Waals surface area contributed by atoms with Gasteiger partial charge in [0, 0.05) is 5.69 Å². The number of thioether (sulfide) groups is 1. The van der Waals surface area contributed by atoms with Gasteiger partial charge in [0.15, 0.2) is 11.5 Å². The Hall–Kier alpha value is -3.37. The molecule has 1 aliphatic rings. The molecular weight excluding hydrogens is 440 g/mol. The minimum Gasteiger partial charge on any atom is -0.493 e. The number of ether oxygens (including phenoxy) is 2. The van der Waals surface area contributed by atoms with Crippen molar-refractivity contribution in [2.45, 2.75) is 0 Å². The summed E-state index contributed by atoms with van der Waals surface area (Å²) >= 11 is 6.36. The van der Waals surface area contributed by atoms with Gasteiger partial charge in [-0.25, -0.2) is 4.79 Å². The highest BCUT2D eigenvalue weighted by molar-refractivity contribution is 8.26. The second kappa shape index (κ2) is 9.63. The van der Waals surface area contributed by atoms with Gasteiger partial charge in [0.05, 0.1) is 24.7 Å². The van der Waals surface area contributed by atoms with Gasteiger partial charge in [-0.05, 0) is 42.0 Å². The number of nitrogens with one attached hydrogen (secondary N) is 1. The van der Waals surface area contributed by atoms with Crippen LogP contribution in [0.2, 0.25) is 0 Å². The fourth-order valence-corrected chi connectivity index (χ4v) is 4.06. The first-order valence-electron chi connectivity index (χ1n) is 8.93. The Morgan fingerprint density at radius 3 is 2.58 bits per heavy atom. The molecule has 0 unspecified atom stereocenters. The number of methoxy groups -OCH3 is 2. The summed E-state index contributed by atoms with van der Waals surface area (Å²) in [6, 6.07) is 11.1. The van der Waals surface area contributed by atoms with Crippen molar-refractivity contribution in [2.75, 3.05) is 26.1 Å². The molecule has 8 nitrogen and oxygen atoms in total. The maximum atomic E-state index is 12.8. The molecule has 2 aromatic carbocycles. The molecule has 2 N–H and O–H groups in total. The Morgan fingerprint density at radius 2 is 1.90 bits per heavy atom. The standard InChI is InChI=1S/C21H18N2O6S2/c1-28-15-7-6-12(8-16(15)29-2)9-17-19(25)23(21(30)31-17)11-18(24)22-14-5-3-4-13(10-14)20(26)27/h3-10H,11H2,1-2H3,(H,22,24)(H,26,27)/b17-9-. The molecule has 160 valence electrons. The second-order valence-electron chi connectivity index (χ2n) is 6.32. The Kier molecular flexibility index (Phi) is 6.93. The number of amides is 2. The maximum Gasteiger partial charge on any atom is 0.335 e. The van der Waals surface area contributed by atoms with Crippen LogP contribution in [0, 0.1) is 0 Å². The number of rotatable bonds is 7. The van der Waals surface area contributed by atoms with Crippen LogP contribution in [0.4, 0.5) is 5.69 Å². The minimum absolute atomic E-state index is 0.0428. The molecule has 1 saturated heterocycles. The van der Waals surface area contributed by atoms with E-state index in [2.05, 4.69) is 5.32 Å². The molecule has 0 aliphatic carbocycles. The molecule has 2 amide bonds. The number of anilines is 1. The third-order valence-corrected chi connectivity index (χ3v) is 5.65. The van der Waals surface area contributed by atoms with Crippen molar-refractivity contribution in [3.05, 3.63) is 58.5 Å². The second-order valence-corrected chi connectivity index (χ2v) is 7.99. The lowest BCUT2D eigenvalue weighted by Crippen LogP contribution is -2.36. The van der Waals surface area contributed by atoms with Crippen LogP contribution in [-0.2, 0) is 9.59 Å². The van der Waals surface area contributed by atoms with Gasteiger partial charge >= 0.3 is 5.97 Å². The topological polar surface area (TPSA) is 105 Å². The van der Waals surface area contributed by atoms with E-state index in [0.29, 0.717) is 27.7 Å². The predicted molar refractivity (Wildman–Crippen MR) is 121 cm³/mol. The van der Waals surface area contributed by atoms with Crippen LogP contribution in [0.3, 0.4) is 0 Å². The Morgan fingerprint density at radius 1 is 1.16 bits per heavy atom. The van der Waals surface area contributed by atoms with E-state index in [-0.39, 0.29) is 22.3 Å². The van der Waals surface area contributed by atoms with Crippen molar-refractivity contribution in [3.63, 3.8) is 0 Å². The van der Waals surface area contributed by atoms with Gasteiger partial charge < -0.3 is 19.9 Å². The molecule has 10 heteroatoms. The van der Waals surface area contributed by atoms with Crippen LogP contribution >= 0.6 is 24.0 Å². The third-order valence-electron chi connectivity index (χ3n) is 4.27. The third kappa shape index (κ3) is 5.22. The van der Waals surface area contributed by atoms with E-state index < -0.39 is 11.9 Å². The Balaban J connectivity index is 1.71. The molecule has 0 radical (unpaired) electrons. The van der Waals surface area contributed by atoms with Crippen LogP contribution in [0.1, 0.15) is 15.9 Å². The zero-order valence-corrected chi connectivity index (χ0v) is 18.2. The van der Waals surface area contributed by atoms with Crippen LogP contribution in [-0.4, -0.2) is 52.9 Å². The first-order chi connectivity index (χ1) is 14.8. The molecule has 31 heavy (non-hydrogen) atoms. The van der Waals surface area contributed by atoms with E-state index in [1.165, 1.54) is 37.3 Å². The Bertz CT molecular complexity index is 1100. The smallest absolute Gasteiger partial charge is 0.335 e. The number of carboxylic acid groups (broad SMARTS) is 1. The Labute approximate surface area is 187 Å². The van der Waals surface area contributed by atoms with Crippen LogP contribution in [0.25, 0.3) is 6.08 Å². The van der Waals surface area contributed by atoms with Gasteiger partial charge in [0.1, 0.15) is 10.9 Å². The van der Waals surface area contributed by atoms with Crippen molar-refractivity contribution < 1.29 is 29.0 Å². The monoisotopic (exact) mass is 458 g/mol. The van der Waals surface area contributed by atoms with Gasteiger partial charge in [-0.15, -0.1) is 0 Å². The van der Waals surface area contributed by atoms with Gasteiger partial charge in [-0.1, -0.05) is 36.1 Å². The summed E-state index contributed by atoms with van der Waals surface area (Å²) < 4.78 is 10.7. The lowest BCUT2D eigenvalue weighted by Gasteiger charge is -2.14. The van der Waals surface area contributed by atoms with Crippen LogP contribution in [0.5, 0.6) is 11.5 Å². The van der Waals surface area contributed by atoms with E-state index >= 15 is 0 Å². The summed E-state index contributed by atoms with van der Waals surface area (Å²) in [5, 5.41) is 11.6. The zero-order valence-electron chi connectivity index (χ0n) is 16.6. The highest BCUT2D eigenvalue weighted by Crippen LogP contribution is 2.34. The lowest BCUT2D eigenvalue weighted by molar-refractivity contribution is -0.126. The van der Waals surface area contributed by atoms with Crippen LogP contribution in [0.15, 0.2) is 47.4 Å². The number of hydrogen-bond acceptors (Lipinski definition) is 7. The molecule has 0 saturated carbocycles.